The van der Waals surface area contributed by atoms with Crippen molar-refractivity contribution in [2.24, 2.45) is 0 Å². The zero-order chi connectivity index (χ0) is 7.68. The van der Waals surface area contributed by atoms with Crippen LogP contribution in [0.3, 0.4) is 0 Å². The Morgan fingerprint density at radius 3 is 3.00 bits per heavy atom. The second-order valence-electron chi connectivity index (χ2n) is 2.61. The third kappa shape index (κ3) is 1.29. The number of halogens is 1. The fourth-order valence-electron chi connectivity index (χ4n) is 1.23. The summed E-state index contributed by atoms with van der Waals surface area (Å²) in [4.78, 5) is 0. The standard InChI is InChI=1S/C10H9I/c1-8-3-2-4-9-7-11-6-5-10(8)9/h2-7H,1H3. The highest BCUT2D eigenvalue weighted by molar-refractivity contribution is 14.2. The minimum Gasteiger partial charge on any atom is -0.0931 e. The highest BCUT2D eigenvalue weighted by Gasteiger charge is 2.00. The zero-order valence-corrected chi connectivity index (χ0v) is 8.50. The number of fused-ring (bicyclic) bond motifs is 1. The molecule has 0 nitrogen and oxygen atoms in total. The van der Waals surface area contributed by atoms with Crippen LogP contribution in [0.25, 0.3) is 6.08 Å². The van der Waals surface area contributed by atoms with Gasteiger partial charge in [0.05, 0.1) is 0 Å². The van der Waals surface area contributed by atoms with E-state index in [1.807, 2.05) is 0 Å². The first-order valence-electron chi connectivity index (χ1n) is 3.59. The van der Waals surface area contributed by atoms with Gasteiger partial charge < -0.3 is 0 Å². The van der Waals surface area contributed by atoms with Crippen molar-refractivity contribution in [2.45, 2.75) is 6.92 Å². The van der Waals surface area contributed by atoms with E-state index in [1.54, 1.807) is 0 Å². The molecule has 56 valence electrons. The summed E-state index contributed by atoms with van der Waals surface area (Å²) < 4.78 is 4.69. The summed E-state index contributed by atoms with van der Waals surface area (Å²) in [7, 11) is 0. The molecule has 1 aromatic rings. The fourth-order valence-corrected chi connectivity index (χ4v) is 2.94. The molecule has 1 heteroatoms. The Bertz CT molecular complexity index is 335. The van der Waals surface area contributed by atoms with Gasteiger partial charge in [-0.05, 0) is 37.8 Å². The average Bonchev–Trinajstić information content (AvgIpc) is 2.06. The molecule has 0 aromatic heterocycles. The number of benzene rings is 1. The molecule has 1 heterocycles. The summed E-state index contributed by atoms with van der Waals surface area (Å²) in [6, 6.07) is 6.50. The van der Waals surface area contributed by atoms with Crippen LogP contribution in [0.1, 0.15) is 16.7 Å². The lowest BCUT2D eigenvalue weighted by Crippen LogP contribution is -1.90. The predicted octanol–water partition coefficient (Wildman–Crippen LogP) is 3.10. The normalized spacial score (nSPS) is 13.9. The molecular formula is C10H9I. The third-order valence-electron chi connectivity index (χ3n) is 1.84. The lowest BCUT2D eigenvalue weighted by atomic mass is 10.0. The van der Waals surface area contributed by atoms with Crippen molar-refractivity contribution in [3.8, 4) is 0 Å². The molecule has 11 heavy (non-hydrogen) atoms. The molecule has 1 aliphatic heterocycles. The highest BCUT2D eigenvalue weighted by atomic mass is 127. The highest BCUT2D eigenvalue weighted by Crippen LogP contribution is 2.21. The maximum absolute atomic E-state index is 2.38. The molecule has 0 aliphatic carbocycles. The van der Waals surface area contributed by atoms with Crippen molar-refractivity contribution in [1.29, 1.82) is 0 Å². The Morgan fingerprint density at radius 1 is 1.27 bits per heavy atom. The van der Waals surface area contributed by atoms with Crippen LogP contribution in [0.15, 0.2) is 22.3 Å². The molecule has 0 radical (unpaired) electrons. The maximum Gasteiger partial charge on any atom is -0.0124 e. The second-order valence-corrected chi connectivity index (χ2v) is 4.67. The lowest BCUT2D eigenvalue weighted by Gasteiger charge is -2.06. The molecular weight excluding hydrogens is 247 g/mol. The topological polar surface area (TPSA) is 0 Å². The predicted molar refractivity (Wildman–Crippen MR) is 59.4 cm³/mol. The molecule has 0 saturated heterocycles. The maximum atomic E-state index is 2.38. The average molecular weight is 256 g/mol. The van der Waals surface area contributed by atoms with Gasteiger partial charge in [-0.15, -0.1) is 0 Å². The lowest BCUT2D eigenvalue weighted by molar-refractivity contribution is 1.44. The van der Waals surface area contributed by atoms with E-state index in [0.29, 0.717) is 0 Å². The molecule has 1 aromatic carbocycles. The summed E-state index contributed by atoms with van der Waals surface area (Å²) in [5, 5.41) is 0. The first-order chi connectivity index (χ1) is 5.38. The number of hydrogen-bond donors (Lipinski definition) is 0. The van der Waals surface area contributed by atoms with E-state index in [2.05, 4.69) is 39.3 Å². The Morgan fingerprint density at radius 2 is 2.18 bits per heavy atom. The molecule has 0 fully saturated rings. The molecule has 0 bridgehead atoms. The zero-order valence-electron chi connectivity index (χ0n) is 6.34. The molecule has 0 atom stereocenters. The summed E-state index contributed by atoms with van der Waals surface area (Å²) in [5.74, 6) is 0. The molecule has 1 aliphatic rings. The van der Waals surface area contributed by atoms with Crippen LogP contribution in [-0.2, 0) is 0 Å². The van der Waals surface area contributed by atoms with Crippen molar-refractivity contribution >= 4 is 30.8 Å². The van der Waals surface area contributed by atoms with Crippen LogP contribution < -0.4 is 0 Å². The Labute approximate surface area is 76.7 Å². The molecule has 2 rings (SSSR count). The van der Waals surface area contributed by atoms with Crippen LogP contribution >= 0.6 is 20.7 Å². The van der Waals surface area contributed by atoms with Crippen LogP contribution in [0.5, 0.6) is 0 Å². The minimum absolute atomic E-state index is 0.207. The first kappa shape index (κ1) is 7.22. The van der Waals surface area contributed by atoms with Gasteiger partial charge in [0.1, 0.15) is 0 Å². The molecule has 0 spiro atoms. The summed E-state index contributed by atoms with van der Waals surface area (Å²) in [5.41, 5.74) is 4.23. The molecule has 0 amide bonds. The summed E-state index contributed by atoms with van der Waals surface area (Å²) >= 11 is 0.207. The van der Waals surface area contributed by atoms with E-state index in [0.717, 1.165) is 0 Å². The number of aryl methyl sites for hydroxylation is 1. The van der Waals surface area contributed by atoms with Crippen LogP contribution in [0.2, 0.25) is 0 Å². The second kappa shape index (κ2) is 2.89. The van der Waals surface area contributed by atoms with Gasteiger partial charge >= 0.3 is 0 Å². The van der Waals surface area contributed by atoms with Gasteiger partial charge in [-0.25, -0.2) is 0 Å². The van der Waals surface area contributed by atoms with Gasteiger partial charge in [-0.2, -0.15) is 0 Å². The number of hydrogen-bond acceptors (Lipinski definition) is 0. The fraction of sp³-hybridized carbons (Fsp3) is 0.100. The van der Waals surface area contributed by atoms with Crippen LogP contribution in [0.4, 0.5) is 0 Å². The van der Waals surface area contributed by atoms with Crippen LogP contribution in [-0.4, -0.2) is 4.01 Å². The van der Waals surface area contributed by atoms with Crippen molar-refractivity contribution in [3.63, 3.8) is 0 Å². The Hall–Kier alpha value is -0.440. The quantitative estimate of drug-likeness (QED) is 0.626. The van der Waals surface area contributed by atoms with Gasteiger partial charge in [-0.3, -0.25) is 0 Å². The Balaban J connectivity index is 2.70. The SMILES string of the molecule is Cc1cccc2c1C=CI=C2. The van der Waals surface area contributed by atoms with Gasteiger partial charge in [0.2, 0.25) is 0 Å². The minimum atomic E-state index is 0.207. The monoisotopic (exact) mass is 256 g/mol. The van der Waals surface area contributed by atoms with Gasteiger partial charge in [0, 0.05) is 0 Å². The molecule has 0 N–H and O–H groups in total. The first-order valence-corrected chi connectivity index (χ1v) is 6.08. The van der Waals surface area contributed by atoms with E-state index in [9.17, 15) is 0 Å². The summed E-state index contributed by atoms with van der Waals surface area (Å²) in [6.07, 6.45) is 2.26. The van der Waals surface area contributed by atoms with E-state index >= 15 is 0 Å². The summed E-state index contributed by atoms with van der Waals surface area (Å²) in [6.45, 7) is 2.17. The largest absolute Gasteiger partial charge is 0.0931 e. The van der Waals surface area contributed by atoms with E-state index < -0.39 is 0 Å². The molecule has 0 unspecified atom stereocenters. The smallest absolute Gasteiger partial charge is 0.0124 e. The Kier molecular flexibility index (Phi) is 1.90. The van der Waals surface area contributed by atoms with E-state index in [1.165, 1.54) is 16.7 Å². The number of rotatable bonds is 0. The van der Waals surface area contributed by atoms with Crippen LogP contribution in [0, 0.1) is 6.92 Å². The van der Waals surface area contributed by atoms with Gasteiger partial charge in [0.25, 0.3) is 0 Å². The van der Waals surface area contributed by atoms with Gasteiger partial charge in [0.15, 0.2) is 0 Å². The third-order valence-corrected chi connectivity index (χ3v) is 3.65. The van der Waals surface area contributed by atoms with Crippen molar-refractivity contribution < 1.29 is 0 Å². The van der Waals surface area contributed by atoms with Crippen molar-refractivity contribution in [1.82, 2.24) is 0 Å². The van der Waals surface area contributed by atoms with E-state index in [-0.39, 0.29) is 20.7 Å². The van der Waals surface area contributed by atoms with E-state index in [4.69, 9.17) is 0 Å². The van der Waals surface area contributed by atoms with Gasteiger partial charge in [-0.1, -0.05) is 38.9 Å². The van der Waals surface area contributed by atoms with Crippen molar-refractivity contribution in [2.75, 3.05) is 0 Å². The van der Waals surface area contributed by atoms with Crippen molar-refractivity contribution in [3.05, 3.63) is 39.0 Å². The molecule has 0 saturated carbocycles.